The number of rotatable bonds is 2. The molecular weight excluding hydrogens is 339 g/mol. The zero-order chi connectivity index (χ0) is 15.7. The number of aromatic nitrogens is 1. The van der Waals surface area contributed by atoms with Crippen LogP contribution in [0, 0.1) is 6.92 Å². The van der Waals surface area contributed by atoms with Crippen molar-refractivity contribution in [3.8, 4) is 0 Å². The van der Waals surface area contributed by atoms with Crippen molar-refractivity contribution in [1.29, 1.82) is 0 Å². The fourth-order valence-electron chi connectivity index (χ4n) is 2.16. The number of halogens is 3. The van der Waals surface area contributed by atoms with E-state index in [1.54, 1.807) is 24.4 Å². The van der Waals surface area contributed by atoms with Crippen molar-refractivity contribution in [2.75, 3.05) is 0 Å². The molecule has 1 heterocycles. The summed E-state index contributed by atoms with van der Waals surface area (Å²) in [6.45, 7) is 2.01. The van der Waals surface area contributed by atoms with E-state index in [0.29, 0.717) is 20.9 Å². The van der Waals surface area contributed by atoms with Crippen LogP contribution in [0.3, 0.4) is 0 Å². The normalized spacial score (nSPS) is 11.5. The van der Waals surface area contributed by atoms with Crippen molar-refractivity contribution >= 4 is 57.6 Å². The van der Waals surface area contributed by atoms with Gasteiger partial charge in [-0.2, -0.15) is 0 Å². The summed E-state index contributed by atoms with van der Waals surface area (Å²) >= 11 is 18.3. The molecule has 110 valence electrons. The molecule has 0 atom stereocenters. The second-order valence-electron chi connectivity index (χ2n) is 4.85. The minimum Gasteiger partial charge on any atom is -0.255 e. The third kappa shape index (κ3) is 2.95. The second kappa shape index (κ2) is 6.25. The lowest BCUT2D eigenvalue weighted by Gasteiger charge is -2.05. The minimum atomic E-state index is 0.406. The van der Waals surface area contributed by atoms with Crippen LogP contribution in [-0.2, 0) is 0 Å². The molecule has 0 fully saturated rings. The van der Waals surface area contributed by atoms with Crippen molar-refractivity contribution in [2.24, 2.45) is 4.99 Å². The number of fused-ring (bicyclic) bond motifs is 1. The van der Waals surface area contributed by atoms with Gasteiger partial charge < -0.3 is 0 Å². The van der Waals surface area contributed by atoms with Gasteiger partial charge in [-0.25, -0.2) is 4.98 Å². The minimum absolute atomic E-state index is 0.406. The summed E-state index contributed by atoms with van der Waals surface area (Å²) in [5, 5.41) is 2.31. The largest absolute Gasteiger partial charge is 0.255 e. The zero-order valence-electron chi connectivity index (χ0n) is 11.6. The zero-order valence-corrected chi connectivity index (χ0v) is 13.9. The first-order valence-electron chi connectivity index (χ1n) is 6.60. The number of aryl methyl sites for hydroxylation is 1. The predicted molar refractivity (Wildman–Crippen MR) is 95.2 cm³/mol. The molecule has 0 radical (unpaired) electrons. The molecule has 0 saturated heterocycles. The van der Waals surface area contributed by atoms with Crippen LogP contribution in [0.25, 0.3) is 10.9 Å². The van der Waals surface area contributed by atoms with Gasteiger partial charge in [-0.3, -0.25) is 4.99 Å². The molecule has 0 N–H and O–H groups in total. The Morgan fingerprint density at radius 3 is 2.64 bits per heavy atom. The quantitative estimate of drug-likeness (QED) is 0.396. The second-order valence-corrected chi connectivity index (χ2v) is 5.99. The van der Waals surface area contributed by atoms with Gasteiger partial charge in [0.1, 0.15) is 5.15 Å². The number of aliphatic imine (C=N–C) groups is 1. The van der Waals surface area contributed by atoms with Gasteiger partial charge >= 0.3 is 0 Å². The summed E-state index contributed by atoms with van der Waals surface area (Å²) in [5.74, 6) is 0. The Morgan fingerprint density at radius 1 is 1.05 bits per heavy atom. The highest BCUT2D eigenvalue weighted by Gasteiger charge is 2.06. The summed E-state index contributed by atoms with van der Waals surface area (Å²) in [6, 6.07) is 13.3. The Kier molecular flexibility index (Phi) is 4.34. The van der Waals surface area contributed by atoms with Crippen LogP contribution in [0.4, 0.5) is 5.69 Å². The molecule has 2 aromatic carbocycles. The maximum absolute atomic E-state index is 6.25. The lowest BCUT2D eigenvalue weighted by Crippen LogP contribution is -1.90. The van der Waals surface area contributed by atoms with Gasteiger partial charge in [0.2, 0.25) is 0 Å². The summed E-state index contributed by atoms with van der Waals surface area (Å²) in [6.07, 6.45) is 1.65. The molecule has 0 aliphatic rings. The van der Waals surface area contributed by atoms with Crippen LogP contribution >= 0.6 is 34.8 Å². The number of benzene rings is 2. The first kappa shape index (κ1) is 15.3. The summed E-state index contributed by atoms with van der Waals surface area (Å²) in [4.78, 5) is 8.80. The van der Waals surface area contributed by atoms with E-state index in [1.807, 2.05) is 31.2 Å². The Balaban J connectivity index is 2.05. The Labute approximate surface area is 143 Å². The van der Waals surface area contributed by atoms with Crippen molar-refractivity contribution in [1.82, 2.24) is 4.98 Å². The third-order valence-corrected chi connectivity index (χ3v) is 4.41. The molecule has 0 amide bonds. The van der Waals surface area contributed by atoms with Crippen molar-refractivity contribution in [2.45, 2.75) is 6.92 Å². The molecule has 3 aromatic rings. The highest BCUT2D eigenvalue weighted by atomic mass is 35.5. The molecule has 3 rings (SSSR count). The number of pyridine rings is 1. The van der Waals surface area contributed by atoms with Crippen molar-refractivity contribution < 1.29 is 0 Å². The van der Waals surface area contributed by atoms with Gasteiger partial charge in [0.15, 0.2) is 0 Å². The summed E-state index contributed by atoms with van der Waals surface area (Å²) in [7, 11) is 0. The molecule has 0 aliphatic carbocycles. The molecular formula is C17H11Cl3N2. The van der Waals surface area contributed by atoms with E-state index >= 15 is 0 Å². The van der Waals surface area contributed by atoms with E-state index in [0.717, 1.165) is 22.0 Å². The van der Waals surface area contributed by atoms with Crippen LogP contribution < -0.4 is 0 Å². The third-order valence-electron chi connectivity index (χ3n) is 3.30. The van der Waals surface area contributed by atoms with Crippen LogP contribution in [0.2, 0.25) is 15.2 Å². The van der Waals surface area contributed by atoms with E-state index < -0.39 is 0 Å². The van der Waals surface area contributed by atoms with E-state index in [1.165, 1.54) is 0 Å². The fourth-order valence-corrected chi connectivity index (χ4v) is 2.69. The van der Waals surface area contributed by atoms with Crippen LogP contribution in [0.15, 0.2) is 47.5 Å². The van der Waals surface area contributed by atoms with Crippen molar-refractivity contribution in [3.63, 3.8) is 0 Å². The first-order valence-corrected chi connectivity index (χ1v) is 7.73. The molecule has 22 heavy (non-hydrogen) atoms. The van der Waals surface area contributed by atoms with E-state index in [4.69, 9.17) is 34.8 Å². The predicted octanol–water partition coefficient (Wildman–Crippen LogP) is 6.25. The lowest BCUT2D eigenvalue weighted by atomic mass is 10.1. The van der Waals surface area contributed by atoms with Gasteiger partial charge in [-0.15, -0.1) is 0 Å². The van der Waals surface area contributed by atoms with Crippen molar-refractivity contribution in [3.05, 3.63) is 68.8 Å². The number of nitrogens with zero attached hydrogens (tertiary/aromatic N) is 2. The van der Waals surface area contributed by atoms with Gasteiger partial charge in [0.25, 0.3) is 0 Å². The molecule has 0 saturated carbocycles. The molecule has 1 aromatic heterocycles. The first-order chi connectivity index (χ1) is 10.6. The van der Waals surface area contributed by atoms with Crippen LogP contribution in [0.5, 0.6) is 0 Å². The molecule has 0 bridgehead atoms. The van der Waals surface area contributed by atoms with Gasteiger partial charge in [0, 0.05) is 17.2 Å². The van der Waals surface area contributed by atoms with E-state index in [9.17, 15) is 0 Å². The fraction of sp³-hybridized carbons (Fsp3) is 0.0588. The Morgan fingerprint density at radius 2 is 1.82 bits per heavy atom. The summed E-state index contributed by atoms with van der Waals surface area (Å²) < 4.78 is 0. The number of hydrogen-bond donors (Lipinski definition) is 0. The maximum Gasteiger partial charge on any atom is 0.138 e. The van der Waals surface area contributed by atoms with E-state index in [-0.39, 0.29) is 0 Å². The molecule has 0 aliphatic heterocycles. The standard InChI is InChI=1S/C17H11Cl3N2/c1-10-4-2-5-11-8-12(17(20)22-16(10)11)9-21-14-7-3-6-13(18)15(14)19/h2-9H,1H3. The number of para-hydroxylation sites is 1. The average molecular weight is 350 g/mol. The van der Waals surface area contributed by atoms with Gasteiger partial charge in [0.05, 0.1) is 21.2 Å². The smallest absolute Gasteiger partial charge is 0.138 e. The number of hydrogen-bond acceptors (Lipinski definition) is 2. The molecule has 2 nitrogen and oxygen atoms in total. The van der Waals surface area contributed by atoms with Crippen LogP contribution in [0.1, 0.15) is 11.1 Å². The SMILES string of the molecule is Cc1cccc2cc(C=Nc3cccc(Cl)c3Cl)c(Cl)nc12. The lowest BCUT2D eigenvalue weighted by molar-refractivity contribution is 1.36. The Hall–Kier alpha value is -1.61. The molecule has 0 unspecified atom stereocenters. The van der Waals surface area contributed by atoms with Gasteiger partial charge in [-0.1, -0.05) is 59.1 Å². The highest BCUT2D eigenvalue weighted by Crippen LogP contribution is 2.32. The van der Waals surface area contributed by atoms with E-state index in [2.05, 4.69) is 9.98 Å². The highest BCUT2D eigenvalue weighted by molar-refractivity contribution is 6.43. The van der Waals surface area contributed by atoms with Crippen LogP contribution in [-0.4, -0.2) is 11.2 Å². The topological polar surface area (TPSA) is 25.2 Å². The monoisotopic (exact) mass is 348 g/mol. The molecule has 0 spiro atoms. The summed E-state index contributed by atoms with van der Waals surface area (Å²) in [5.41, 5.74) is 3.30. The van der Waals surface area contributed by atoms with Gasteiger partial charge in [-0.05, 0) is 30.7 Å². The maximum atomic E-state index is 6.25. The Bertz CT molecular complexity index is 888. The molecule has 5 heteroatoms. The average Bonchev–Trinajstić information content (AvgIpc) is 2.50.